The monoisotopic (exact) mass is 692 g/mol. The maximum Gasteiger partial charge on any atom is 0.257 e. The number of ether oxygens (including phenoxy) is 1. The first-order valence-electron chi connectivity index (χ1n) is 18.5. The number of carbonyl (C=O) groups excluding carboxylic acids is 1. The average Bonchev–Trinajstić information content (AvgIpc) is 3.72. The van der Waals surface area contributed by atoms with E-state index in [2.05, 4.69) is 122 Å². The summed E-state index contributed by atoms with van der Waals surface area (Å²) in [5.74, 6) is 2.29. The molecule has 0 radical (unpaired) electrons. The van der Waals surface area contributed by atoms with Crippen LogP contribution >= 0.6 is 0 Å². The molecule has 5 aromatic rings. The molecule has 51 heavy (non-hydrogen) atoms. The van der Waals surface area contributed by atoms with Gasteiger partial charge in [0.05, 0.1) is 22.1 Å². The van der Waals surface area contributed by atoms with E-state index in [4.69, 9.17) is 20.4 Å². The Labute approximate surface area is 302 Å². The molecule has 10 heteroatoms. The fourth-order valence-corrected chi connectivity index (χ4v) is 6.76. The molecule has 5 N–H and O–H groups in total. The van der Waals surface area contributed by atoms with Crippen molar-refractivity contribution in [1.82, 2.24) is 30.2 Å². The van der Waals surface area contributed by atoms with Crippen LogP contribution in [0.4, 0.5) is 5.69 Å². The molecule has 3 aromatic carbocycles. The van der Waals surface area contributed by atoms with Crippen LogP contribution in [0.25, 0.3) is 44.8 Å². The first kappa shape index (κ1) is 36.4. The molecule has 0 atom stereocenters. The number of nitrogens with one attached hydrogen (secondary N) is 3. The van der Waals surface area contributed by atoms with Crippen molar-refractivity contribution in [3.05, 3.63) is 59.7 Å². The number of benzene rings is 3. The van der Waals surface area contributed by atoms with Gasteiger partial charge in [0, 0.05) is 60.7 Å². The van der Waals surface area contributed by atoms with E-state index < -0.39 is 0 Å². The number of fused-ring (bicyclic) bond motifs is 2. The van der Waals surface area contributed by atoms with Crippen LogP contribution in [-0.2, 0) is 15.6 Å². The summed E-state index contributed by atoms with van der Waals surface area (Å²) in [6.07, 6.45) is 4.11. The van der Waals surface area contributed by atoms with E-state index in [1.54, 1.807) is 0 Å². The molecule has 10 nitrogen and oxygen atoms in total. The minimum absolute atomic E-state index is 0.0271. The van der Waals surface area contributed by atoms with Crippen LogP contribution in [0.5, 0.6) is 5.75 Å². The summed E-state index contributed by atoms with van der Waals surface area (Å²) in [5, 5.41) is 3.02. The van der Waals surface area contributed by atoms with E-state index in [9.17, 15) is 4.79 Å². The SMILES string of the molecule is CN1CCN(c2ccc3[nH]c(-c4ccc5[nH]c(-c6cc(C(C)(C)C)c(OCC(=O)NCCCCCCN)c(C(C)(C)C)c6)nc5c4)nc3c2)CC1. The molecule has 272 valence electrons. The highest BCUT2D eigenvalue weighted by Crippen LogP contribution is 2.43. The van der Waals surface area contributed by atoms with Crippen molar-refractivity contribution in [3.8, 4) is 28.5 Å². The van der Waals surface area contributed by atoms with E-state index >= 15 is 0 Å². The molecule has 2 aromatic heterocycles. The molecule has 1 aliphatic heterocycles. The number of piperazine rings is 1. The first-order chi connectivity index (χ1) is 24.3. The molecular weight excluding hydrogens is 637 g/mol. The second-order valence-electron chi connectivity index (χ2n) is 16.1. The zero-order valence-electron chi connectivity index (χ0n) is 31.6. The lowest BCUT2D eigenvalue weighted by Crippen LogP contribution is -2.44. The van der Waals surface area contributed by atoms with Crippen molar-refractivity contribution in [1.29, 1.82) is 0 Å². The molecule has 0 bridgehead atoms. The summed E-state index contributed by atoms with van der Waals surface area (Å²) < 4.78 is 6.39. The molecule has 1 aliphatic rings. The van der Waals surface area contributed by atoms with Gasteiger partial charge in [0.15, 0.2) is 6.61 Å². The van der Waals surface area contributed by atoms with Crippen LogP contribution in [0.1, 0.15) is 78.4 Å². The fourth-order valence-electron chi connectivity index (χ4n) is 6.76. The number of H-pyrrole nitrogens is 2. The van der Waals surface area contributed by atoms with E-state index in [1.807, 2.05) is 0 Å². The lowest BCUT2D eigenvalue weighted by atomic mass is 9.78. The van der Waals surface area contributed by atoms with E-state index in [-0.39, 0.29) is 23.3 Å². The Hall–Kier alpha value is -4.41. The predicted molar refractivity (Wildman–Crippen MR) is 210 cm³/mol. The van der Waals surface area contributed by atoms with Gasteiger partial charge in [-0.3, -0.25) is 4.79 Å². The smallest absolute Gasteiger partial charge is 0.257 e. The van der Waals surface area contributed by atoms with E-state index in [0.29, 0.717) is 13.1 Å². The number of likely N-dealkylation sites (N-methyl/N-ethyl adjacent to an activating group) is 1. The summed E-state index contributed by atoms with van der Waals surface area (Å²) in [7, 11) is 2.18. The number of anilines is 1. The summed E-state index contributed by atoms with van der Waals surface area (Å²) in [5.41, 5.74) is 14.2. The molecule has 1 amide bonds. The third kappa shape index (κ3) is 8.56. The van der Waals surface area contributed by atoms with Crippen LogP contribution in [0.3, 0.4) is 0 Å². The van der Waals surface area contributed by atoms with Gasteiger partial charge in [-0.1, -0.05) is 54.4 Å². The van der Waals surface area contributed by atoms with Gasteiger partial charge < -0.3 is 35.6 Å². The third-order valence-electron chi connectivity index (χ3n) is 9.87. The van der Waals surface area contributed by atoms with Crippen LogP contribution < -0.4 is 20.7 Å². The Kier molecular flexibility index (Phi) is 10.7. The number of carbonyl (C=O) groups is 1. The molecule has 0 aliphatic carbocycles. The number of rotatable bonds is 12. The zero-order chi connectivity index (χ0) is 36.3. The minimum atomic E-state index is -0.241. The topological polar surface area (TPSA) is 128 Å². The number of aromatic amines is 2. The second-order valence-corrected chi connectivity index (χ2v) is 16.1. The molecule has 6 rings (SSSR count). The quantitative estimate of drug-likeness (QED) is 0.102. The fraction of sp³-hybridized carbons (Fsp3) is 0.488. The Bertz CT molecular complexity index is 1940. The van der Waals surface area contributed by atoms with E-state index in [1.165, 1.54) is 5.69 Å². The lowest BCUT2D eigenvalue weighted by Gasteiger charge is -2.34. The molecule has 1 fully saturated rings. The molecular formula is C41H56N8O2. The highest BCUT2D eigenvalue weighted by atomic mass is 16.5. The van der Waals surface area contributed by atoms with Crippen LogP contribution in [0, 0.1) is 0 Å². The highest BCUT2D eigenvalue weighted by Gasteiger charge is 2.29. The number of hydrogen-bond acceptors (Lipinski definition) is 7. The lowest BCUT2D eigenvalue weighted by molar-refractivity contribution is -0.123. The summed E-state index contributed by atoms with van der Waals surface area (Å²) >= 11 is 0. The number of unbranched alkanes of at least 4 members (excludes halogenated alkanes) is 3. The standard InChI is InChI=1S/C41H56N8O2/c1-40(2,3)30-22-28(23-31(41(4,5)6)37(30)51-26-36(50)43-17-11-9-8-10-16-42)39-45-32-14-12-27(24-34(32)46-39)38-44-33-15-13-29(25-35(33)47-38)49-20-18-48(7)19-21-49/h12-15,22-25H,8-11,16-21,26,42H2,1-7H3,(H,43,50)(H,44,47)(H,45,46). The maximum atomic E-state index is 12.8. The minimum Gasteiger partial charge on any atom is -0.483 e. The number of hydrogen-bond donors (Lipinski definition) is 4. The molecule has 0 saturated carbocycles. The number of amides is 1. The van der Waals surface area contributed by atoms with Crippen molar-refractivity contribution >= 4 is 33.7 Å². The largest absolute Gasteiger partial charge is 0.483 e. The third-order valence-corrected chi connectivity index (χ3v) is 9.87. The van der Waals surface area contributed by atoms with Gasteiger partial charge in [0.1, 0.15) is 17.4 Å². The van der Waals surface area contributed by atoms with Gasteiger partial charge in [-0.2, -0.15) is 0 Å². The van der Waals surface area contributed by atoms with Crippen LogP contribution in [-0.4, -0.2) is 83.7 Å². The maximum absolute atomic E-state index is 12.8. The van der Waals surface area contributed by atoms with Gasteiger partial charge in [0.2, 0.25) is 0 Å². The van der Waals surface area contributed by atoms with E-state index in [0.717, 1.165) is 114 Å². The van der Waals surface area contributed by atoms with Crippen molar-refractivity contribution in [3.63, 3.8) is 0 Å². The zero-order valence-corrected chi connectivity index (χ0v) is 31.6. The summed E-state index contributed by atoms with van der Waals surface area (Å²) in [4.78, 5) is 34.8. The molecule has 3 heterocycles. The van der Waals surface area contributed by atoms with Gasteiger partial charge in [-0.25, -0.2) is 9.97 Å². The summed E-state index contributed by atoms with van der Waals surface area (Å²) in [6, 6.07) is 17.1. The van der Waals surface area contributed by atoms with Gasteiger partial charge in [-0.05, 0) is 85.8 Å². The Morgan fingerprint density at radius 2 is 1.37 bits per heavy atom. The summed E-state index contributed by atoms with van der Waals surface area (Å²) in [6.45, 7) is 18.6. The van der Waals surface area contributed by atoms with Gasteiger partial charge in [-0.15, -0.1) is 0 Å². The average molecular weight is 693 g/mol. The first-order valence-corrected chi connectivity index (χ1v) is 18.5. The van der Waals surface area contributed by atoms with Crippen LogP contribution in [0.2, 0.25) is 0 Å². The second kappa shape index (κ2) is 15.1. The van der Waals surface area contributed by atoms with Crippen molar-refractivity contribution < 1.29 is 9.53 Å². The number of imidazole rings is 2. The Morgan fingerprint density at radius 1 is 0.784 bits per heavy atom. The van der Waals surface area contributed by atoms with Gasteiger partial charge in [0.25, 0.3) is 5.91 Å². The van der Waals surface area contributed by atoms with Crippen LogP contribution in [0.15, 0.2) is 48.5 Å². The van der Waals surface area contributed by atoms with Crippen molar-refractivity contribution in [2.75, 3.05) is 57.8 Å². The van der Waals surface area contributed by atoms with Crippen molar-refractivity contribution in [2.24, 2.45) is 5.73 Å². The van der Waals surface area contributed by atoms with Gasteiger partial charge >= 0.3 is 0 Å². The highest BCUT2D eigenvalue weighted by molar-refractivity contribution is 5.87. The molecule has 0 unspecified atom stereocenters. The normalized spacial score (nSPS) is 14.5. The number of aromatic nitrogens is 4. The number of nitrogens with zero attached hydrogens (tertiary/aromatic N) is 4. The predicted octanol–water partition coefficient (Wildman–Crippen LogP) is 7.13. The molecule has 0 spiro atoms. The van der Waals surface area contributed by atoms with Crippen molar-refractivity contribution in [2.45, 2.75) is 78.1 Å². The number of nitrogens with two attached hydrogens (primary N) is 1. The Morgan fingerprint density at radius 3 is 2.00 bits per heavy atom. The Balaban J connectivity index is 1.26. The molecule has 1 saturated heterocycles.